The number of rotatable bonds is 13. The van der Waals surface area contributed by atoms with Crippen molar-refractivity contribution in [2.45, 2.75) is 64.7 Å². The van der Waals surface area contributed by atoms with Gasteiger partial charge in [-0.3, -0.25) is 9.59 Å². The van der Waals surface area contributed by atoms with Gasteiger partial charge in [-0.15, -0.1) is 0 Å². The minimum absolute atomic E-state index is 0.00506. The zero-order chi connectivity index (χ0) is 26.5. The molecule has 0 aromatic heterocycles. The average molecular weight is 502 g/mol. The van der Waals surface area contributed by atoms with E-state index in [1.165, 1.54) is 12.1 Å². The smallest absolute Gasteiger partial charge is 0.311 e. The van der Waals surface area contributed by atoms with Gasteiger partial charge in [-0.1, -0.05) is 68.0 Å². The zero-order valence-corrected chi connectivity index (χ0v) is 21.2. The highest BCUT2D eigenvalue weighted by Gasteiger charge is 2.08. The largest absolute Gasteiger partial charge is 0.427 e. The molecule has 3 aromatic rings. The van der Waals surface area contributed by atoms with Crippen LogP contribution in [0.15, 0.2) is 66.7 Å². The number of hydrogen-bond acceptors (Lipinski definition) is 5. The molecule has 0 fully saturated rings. The Bertz CT molecular complexity index is 1210. The highest BCUT2D eigenvalue weighted by molar-refractivity contribution is 5.73. The number of unbranched alkanes of at least 4 members (excludes halogenated alkanes) is 6. The van der Waals surface area contributed by atoms with Crippen molar-refractivity contribution < 1.29 is 23.5 Å². The third-order valence-electron chi connectivity index (χ3n) is 6.02. The van der Waals surface area contributed by atoms with Gasteiger partial charge in [-0.25, -0.2) is 4.39 Å². The molecular formula is C31H32FNO4. The molecule has 0 aliphatic heterocycles. The first kappa shape index (κ1) is 27.6. The molecule has 3 rings (SSSR count). The summed E-state index contributed by atoms with van der Waals surface area (Å²) in [4.78, 5) is 24.0. The van der Waals surface area contributed by atoms with E-state index in [-0.39, 0.29) is 17.5 Å². The summed E-state index contributed by atoms with van der Waals surface area (Å²) in [6.45, 7) is 1.99. The number of ether oxygens (including phenoxy) is 2. The Balaban J connectivity index is 1.23. The molecule has 0 radical (unpaired) electrons. The van der Waals surface area contributed by atoms with Gasteiger partial charge in [0.05, 0.1) is 5.56 Å². The van der Waals surface area contributed by atoms with Crippen LogP contribution in [0.1, 0.15) is 68.9 Å². The predicted molar refractivity (Wildman–Crippen MR) is 141 cm³/mol. The van der Waals surface area contributed by atoms with E-state index in [1.54, 1.807) is 48.5 Å². The molecule has 0 amide bonds. The third-order valence-corrected chi connectivity index (χ3v) is 6.02. The van der Waals surface area contributed by atoms with Crippen molar-refractivity contribution in [1.29, 1.82) is 5.26 Å². The second-order valence-electron chi connectivity index (χ2n) is 9.07. The summed E-state index contributed by atoms with van der Waals surface area (Å²) >= 11 is 0. The first-order chi connectivity index (χ1) is 17.9. The Morgan fingerprint density at radius 1 is 0.703 bits per heavy atom. The van der Waals surface area contributed by atoms with Crippen molar-refractivity contribution >= 4 is 11.9 Å². The molecule has 5 nitrogen and oxygen atoms in total. The molecule has 0 atom stereocenters. The van der Waals surface area contributed by atoms with Crippen LogP contribution >= 0.6 is 0 Å². The number of carbonyl (C=O) groups excluding carboxylic acids is 2. The Morgan fingerprint density at radius 3 is 1.65 bits per heavy atom. The lowest BCUT2D eigenvalue weighted by atomic mass is 10.0. The minimum Gasteiger partial charge on any atom is -0.427 e. The molecule has 0 heterocycles. The molecule has 3 aromatic carbocycles. The Labute approximate surface area is 217 Å². The van der Waals surface area contributed by atoms with Crippen LogP contribution in [0, 0.1) is 24.1 Å². The molecule has 0 unspecified atom stereocenters. The highest BCUT2D eigenvalue weighted by Crippen LogP contribution is 2.24. The number of carbonyl (C=O) groups is 2. The van der Waals surface area contributed by atoms with Crippen LogP contribution in [0.4, 0.5) is 4.39 Å². The number of nitrogens with zero attached hydrogens (tertiary/aromatic N) is 1. The van der Waals surface area contributed by atoms with Gasteiger partial charge in [0.2, 0.25) is 0 Å². The molecule has 37 heavy (non-hydrogen) atoms. The van der Waals surface area contributed by atoms with Crippen molar-refractivity contribution in [3.63, 3.8) is 0 Å². The van der Waals surface area contributed by atoms with Crippen molar-refractivity contribution in [1.82, 2.24) is 0 Å². The molecule has 0 bridgehead atoms. The van der Waals surface area contributed by atoms with Crippen LogP contribution in [0.2, 0.25) is 0 Å². The maximum Gasteiger partial charge on any atom is 0.311 e. The Kier molecular flexibility index (Phi) is 10.9. The predicted octanol–water partition coefficient (Wildman–Crippen LogP) is 7.69. The SMILES string of the molecule is Cc1ccc(OC(=O)CCCCCCCCCC(=O)Oc2ccc(-c3ccc(C#N)c(F)c3)cc2)cc1. The first-order valence-electron chi connectivity index (χ1n) is 12.7. The lowest BCUT2D eigenvalue weighted by Gasteiger charge is -2.07. The normalized spacial score (nSPS) is 10.5. The van der Waals surface area contributed by atoms with Crippen LogP contribution in [0.5, 0.6) is 11.5 Å². The number of aryl methyl sites for hydroxylation is 1. The molecule has 0 spiro atoms. The molecule has 0 saturated carbocycles. The van der Waals surface area contributed by atoms with E-state index in [0.29, 0.717) is 29.9 Å². The molecule has 6 heteroatoms. The maximum atomic E-state index is 13.8. The summed E-state index contributed by atoms with van der Waals surface area (Å²) < 4.78 is 24.6. The topological polar surface area (TPSA) is 76.4 Å². The van der Waals surface area contributed by atoms with Crippen LogP contribution in [-0.4, -0.2) is 11.9 Å². The third kappa shape index (κ3) is 9.53. The number of nitriles is 1. The van der Waals surface area contributed by atoms with Gasteiger partial charge in [-0.05, 0) is 67.3 Å². The summed E-state index contributed by atoms with van der Waals surface area (Å²) in [7, 11) is 0. The number of benzene rings is 3. The zero-order valence-electron chi connectivity index (χ0n) is 21.2. The molecule has 0 aliphatic carbocycles. The second kappa shape index (κ2) is 14.5. The summed E-state index contributed by atoms with van der Waals surface area (Å²) in [5, 5.41) is 8.84. The molecule has 0 saturated heterocycles. The minimum atomic E-state index is -0.561. The Morgan fingerprint density at radius 2 is 1.16 bits per heavy atom. The van der Waals surface area contributed by atoms with E-state index in [1.807, 2.05) is 19.1 Å². The molecule has 0 N–H and O–H groups in total. The van der Waals surface area contributed by atoms with Crippen LogP contribution in [-0.2, 0) is 9.59 Å². The first-order valence-corrected chi connectivity index (χ1v) is 12.7. The lowest BCUT2D eigenvalue weighted by molar-refractivity contribution is -0.135. The number of hydrogen-bond donors (Lipinski definition) is 0. The van der Waals surface area contributed by atoms with E-state index in [4.69, 9.17) is 14.7 Å². The van der Waals surface area contributed by atoms with Gasteiger partial charge in [0.15, 0.2) is 0 Å². The Hall–Kier alpha value is -3.98. The molecule has 192 valence electrons. The highest BCUT2D eigenvalue weighted by atomic mass is 19.1. The van der Waals surface area contributed by atoms with Crippen LogP contribution < -0.4 is 9.47 Å². The fraction of sp³-hybridized carbons (Fsp3) is 0.323. The van der Waals surface area contributed by atoms with E-state index in [9.17, 15) is 14.0 Å². The lowest BCUT2D eigenvalue weighted by Crippen LogP contribution is -2.07. The monoisotopic (exact) mass is 501 g/mol. The molecular weight excluding hydrogens is 469 g/mol. The summed E-state index contributed by atoms with van der Waals surface area (Å²) in [6.07, 6.45) is 7.46. The summed E-state index contributed by atoms with van der Waals surface area (Å²) in [5.41, 5.74) is 2.55. The maximum absolute atomic E-state index is 13.8. The van der Waals surface area contributed by atoms with E-state index in [0.717, 1.165) is 56.1 Å². The van der Waals surface area contributed by atoms with Gasteiger partial charge < -0.3 is 9.47 Å². The van der Waals surface area contributed by atoms with Gasteiger partial charge in [-0.2, -0.15) is 5.26 Å². The van der Waals surface area contributed by atoms with Crippen LogP contribution in [0.3, 0.4) is 0 Å². The summed E-state index contributed by atoms with van der Waals surface area (Å²) in [6, 6.07) is 20.6. The quantitative estimate of drug-likeness (QED) is 0.136. The van der Waals surface area contributed by atoms with Gasteiger partial charge in [0, 0.05) is 12.8 Å². The van der Waals surface area contributed by atoms with E-state index >= 15 is 0 Å². The fourth-order valence-electron chi connectivity index (χ4n) is 3.89. The van der Waals surface area contributed by atoms with Gasteiger partial charge >= 0.3 is 11.9 Å². The fourth-order valence-corrected chi connectivity index (χ4v) is 3.89. The summed E-state index contributed by atoms with van der Waals surface area (Å²) in [5.74, 6) is 0.00760. The molecule has 0 aliphatic rings. The van der Waals surface area contributed by atoms with Crippen LogP contribution in [0.25, 0.3) is 11.1 Å². The van der Waals surface area contributed by atoms with Gasteiger partial charge in [0.25, 0.3) is 0 Å². The van der Waals surface area contributed by atoms with E-state index < -0.39 is 5.82 Å². The second-order valence-corrected chi connectivity index (χ2v) is 9.07. The average Bonchev–Trinajstić information content (AvgIpc) is 2.89. The number of esters is 2. The van der Waals surface area contributed by atoms with Crippen molar-refractivity contribution in [3.05, 3.63) is 83.7 Å². The van der Waals surface area contributed by atoms with Crippen molar-refractivity contribution in [3.8, 4) is 28.7 Å². The van der Waals surface area contributed by atoms with Crippen molar-refractivity contribution in [2.75, 3.05) is 0 Å². The van der Waals surface area contributed by atoms with E-state index in [2.05, 4.69) is 0 Å². The number of halogens is 1. The van der Waals surface area contributed by atoms with Gasteiger partial charge in [0.1, 0.15) is 23.4 Å². The van der Waals surface area contributed by atoms with Crippen molar-refractivity contribution in [2.24, 2.45) is 0 Å². The standard InChI is InChI=1S/C31H32FNO4/c1-23-11-17-27(18-12-23)36-30(34)9-7-5-3-2-4-6-8-10-31(35)37-28-19-15-24(16-20-28)25-13-14-26(22-33)29(32)21-25/h11-21H,2-10H2,1H3.